The lowest BCUT2D eigenvalue weighted by Gasteiger charge is -2.15. The maximum atomic E-state index is 11.7. The zero-order valence-electron chi connectivity index (χ0n) is 12.8. The van der Waals surface area contributed by atoms with Gasteiger partial charge in [0.25, 0.3) is 0 Å². The van der Waals surface area contributed by atoms with Gasteiger partial charge in [0.05, 0.1) is 14.2 Å². The van der Waals surface area contributed by atoms with Crippen molar-refractivity contribution in [3.05, 3.63) is 0 Å². The van der Waals surface area contributed by atoms with E-state index >= 15 is 0 Å². The maximum Gasteiger partial charge on any atom is 0.476 e. The molecule has 0 rings (SSSR count). The largest absolute Gasteiger partial charge is 0.498 e. The Balaban J connectivity index is 4.51. The van der Waals surface area contributed by atoms with Crippen molar-refractivity contribution in [2.45, 2.75) is 43.4 Å². The molecule has 0 aliphatic carbocycles. The molecule has 0 aromatic heterocycles. The molecule has 0 amide bonds. The Morgan fingerprint density at radius 3 is 1.52 bits per heavy atom. The molecule has 0 saturated carbocycles. The fraction of sp³-hybridized carbons (Fsp3) is 0.692. The molecule has 118 valence electrons. The van der Waals surface area contributed by atoms with Crippen LogP contribution in [0.5, 0.6) is 0 Å². The van der Waals surface area contributed by atoms with E-state index in [9.17, 15) is 19.2 Å². The van der Waals surface area contributed by atoms with Crippen LogP contribution in [0.3, 0.4) is 0 Å². The smallest absolute Gasteiger partial charge is 0.476 e. The first-order valence-corrected chi connectivity index (χ1v) is 8.71. The molecule has 0 aliphatic rings. The average Bonchev–Trinajstić information content (AvgIpc) is 2.36. The molecule has 0 aliphatic heterocycles. The van der Waals surface area contributed by atoms with Gasteiger partial charge in [0.2, 0.25) is 0 Å². The molecule has 0 spiro atoms. The van der Waals surface area contributed by atoms with Gasteiger partial charge < -0.3 is 22.9 Å². The fourth-order valence-corrected chi connectivity index (χ4v) is 4.08. The minimum absolute atomic E-state index is 0.0557. The van der Waals surface area contributed by atoms with Crippen molar-refractivity contribution in [1.29, 1.82) is 0 Å². The second-order valence-corrected chi connectivity index (χ2v) is 7.13. The molecular weight excluding hydrogens is 295 g/mol. The van der Waals surface area contributed by atoms with Crippen molar-refractivity contribution in [2.24, 2.45) is 0 Å². The predicted octanol–water partition coefficient (Wildman–Crippen LogP) is 0.667. The summed E-state index contributed by atoms with van der Waals surface area (Å²) in [6, 6.07) is 0. The third-order valence-corrected chi connectivity index (χ3v) is 5.26. The van der Waals surface area contributed by atoms with E-state index in [0.29, 0.717) is 0 Å². The maximum absolute atomic E-state index is 11.7. The van der Waals surface area contributed by atoms with Crippen LogP contribution in [0.1, 0.15) is 26.7 Å². The number of carbonyl (C=O) groups excluding carboxylic acids is 4. The second kappa shape index (κ2) is 10.5. The molecule has 0 fully saturated rings. The molecule has 0 aromatic carbocycles. The fourth-order valence-electron chi connectivity index (χ4n) is 1.67. The first-order chi connectivity index (χ1) is 9.78. The Hall–Kier alpha value is -1.23. The number of Topliss-reactive ketones (excluding diaryl/α,β-unsaturated/α-hetero) is 2. The highest BCUT2D eigenvalue weighted by Crippen LogP contribution is 2.10. The van der Waals surface area contributed by atoms with Gasteiger partial charge in [-0.05, 0) is 24.4 Å². The number of ether oxygens (including phenoxy) is 2. The van der Waals surface area contributed by atoms with E-state index in [0.717, 1.165) is 0 Å². The van der Waals surface area contributed by atoms with Gasteiger partial charge in [-0.2, -0.15) is 0 Å². The van der Waals surface area contributed by atoms with Gasteiger partial charge in [-0.25, -0.2) is 0 Å². The number of rotatable bonds is 10. The van der Waals surface area contributed by atoms with Gasteiger partial charge in [0, 0.05) is 6.10 Å². The van der Waals surface area contributed by atoms with Crippen molar-refractivity contribution in [1.82, 2.24) is 0 Å². The standard InChI is InChI=1S/2C5H7O3.C3H7O.Al/c2*1-4(6)3-5(7)8-2;1-3(2)4;/h2*1,3H2,2H3;3H,1-2H3;/q;;-1;+1. The van der Waals surface area contributed by atoms with Crippen molar-refractivity contribution in [2.75, 3.05) is 14.2 Å². The first-order valence-electron chi connectivity index (χ1n) is 6.61. The van der Waals surface area contributed by atoms with Crippen LogP contribution in [0.25, 0.3) is 0 Å². The van der Waals surface area contributed by atoms with Crippen LogP contribution in [0, 0.1) is 0 Å². The number of hydrogen-bond acceptors (Lipinski definition) is 7. The Bertz CT molecular complexity index is 360. The zero-order valence-corrected chi connectivity index (χ0v) is 14.0. The Morgan fingerprint density at radius 1 is 0.857 bits per heavy atom. The lowest BCUT2D eigenvalue weighted by atomic mass is 10.3. The Morgan fingerprint density at radius 2 is 1.24 bits per heavy atom. The molecule has 8 heteroatoms. The lowest BCUT2D eigenvalue weighted by molar-refractivity contribution is -0.144. The number of esters is 2. The summed E-state index contributed by atoms with van der Waals surface area (Å²) in [5.41, 5.74) is 0. The minimum Gasteiger partial charge on any atom is -0.498 e. The molecule has 0 bridgehead atoms. The monoisotopic (exact) mass is 316 g/mol. The van der Waals surface area contributed by atoms with Crippen molar-refractivity contribution < 1.29 is 32.4 Å². The molecule has 21 heavy (non-hydrogen) atoms. The summed E-state index contributed by atoms with van der Waals surface area (Å²) in [4.78, 5) is 45.5. The Labute approximate surface area is 128 Å². The molecule has 7 nitrogen and oxygen atoms in total. The van der Waals surface area contributed by atoms with E-state index in [1.807, 2.05) is 0 Å². The highest BCUT2D eigenvalue weighted by Gasteiger charge is 2.30. The van der Waals surface area contributed by atoms with Crippen LogP contribution >= 0.6 is 0 Å². The van der Waals surface area contributed by atoms with Crippen molar-refractivity contribution in [3.8, 4) is 0 Å². The van der Waals surface area contributed by atoms with Gasteiger partial charge in [-0.1, -0.05) is 0 Å². The first kappa shape index (κ1) is 19.8. The van der Waals surface area contributed by atoms with Crippen LogP contribution in [0.15, 0.2) is 0 Å². The lowest BCUT2D eigenvalue weighted by Crippen LogP contribution is -2.29. The average molecular weight is 316 g/mol. The van der Waals surface area contributed by atoms with Crippen LogP contribution in [0.2, 0.25) is 10.6 Å². The van der Waals surface area contributed by atoms with Crippen molar-refractivity contribution in [3.63, 3.8) is 0 Å². The van der Waals surface area contributed by atoms with Gasteiger partial charge in [-0.3, -0.25) is 9.59 Å². The third kappa shape index (κ3) is 10.2. The summed E-state index contributed by atoms with van der Waals surface area (Å²) < 4.78 is 14.5. The molecule has 0 saturated heterocycles. The predicted molar refractivity (Wildman–Crippen MR) is 74.9 cm³/mol. The van der Waals surface area contributed by atoms with Gasteiger partial charge in [0.15, 0.2) is 0 Å². The van der Waals surface area contributed by atoms with E-state index < -0.39 is 26.4 Å². The normalized spacial score (nSPS) is 10.1. The van der Waals surface area contributed by atoms with Crippen LogP contribution < -0.4 is 0 Å². The number of carbonyl (C=O) groups is 4. The van der Waals surface area contributed by atoms with E-state index in [1.165, 1.54) is 14.2 Å². The summed E-state index contributed by atoms with van der Waals surface area (Å²) in [5, 5.41) is 0.111. The van der Waals surface area contributed by atoms with Crippen LogP contribution in [0.4, 0.5) is 0 Å². The highest BCUT2D eigenvalue weighted by molar-refractivity contribution is 6.60. The summed E-state index contributed by atoms with van der Waals surface area (Å²) in [7, 11) is 2.41. The third-order valence-electron chi connectivity index (χ3n) is 2.51. The van der Waals surface area contributed by atoms with Gasteiger partial charge in [-0.15, -0.1) is 0 Å². The molecule has 0 radical (unpaired) electrons. The van der Waals surface area contributed by atoms with E-state index in [2.05, 4.69) is 9.47 Å². The molecule has 0 heterocycles. The highest BCUT2D eigenvalue weighted by atomic mass is 27.2. The minimum atomic E-state index is -2.16. The number of ketones is 2. The van der Waals surface area contributed by atoms with Gasteiger partial charge >= 0.3 is 26.4 Å². The van der Waals surface area contributed by atoms with E-state index in [4.69, 9.17) is 3.79 Å². The van der Waals surface area contributed by atoms with Crippen LogP contribution in [-0.2, 0) is 32.4 Å². The summed E-state index contributed by atoms with van der Waals surface area (Å²) in [6.07, 6.45) is -0.780. The van der Waals surface area contributed by atoms with Gasteiger partial charge in [0.1, 0.15) is 24.4 Å². The number of methoxy groups -OCH3 is 2. The number of hydrogen-bond donors (Lipinski definition) is 0. The summed E-state index contributed by atoms with van der Waals surface area (Å²) in [5.74, 6) is -1.86. The topological polar surface area (TPSA) is 96.0 Å². The van der Waals surface area contributed by atoms with Crippen LogP contribution in [-0.4, -0.2) is 58.3 Å². The molecule has 0 aromatic rings. The molecule has 0 atom stereocenters. The molecular formula is C13H21AlO7. The molecule has 0 N–H and O–H groups in total. The summed E-state index contributed by atoms with van der Waals surface area (Å²) >= 11 is -2.16. The molecule has 0 unspecified atom stereocenters. The second-order valence-electron chi connectivity index (χ2n) is 4.80. The van der Waals surface area contributed by atoms with E-state index in [1.54, 1.807) is 13.8 Å². The quantitative estimate of drug-likeness (QED) is 0.332. The zero-order chi connectivity index (χ0) is 16.4. The summed E-state index contributed by atoms with van der Waals surface area (Å²) in [6.45, 7) is 3.60. The van der Waals surface area contributed by atoms with E-state index in [-0.39, 0.29) is 41.1 Å². The SMILES string of the molecule is COC(=O)CC(=O)[CH2][Al]([CH2]C(=O)CC(=O)OC)[O]C(C)C. The van der Waals surface area contributed by atoms with Crippen molar-refractivity contribution >= 4 is 38.0 Å². The Kier molecular flexibility index (Phi) is 9.88.